The molecule has 2 rings (SSSR count). The van der Waals surface area contributed by atoms with Gasteiger partial charge in [-0.25, -0.2) is 0 Å². The largest absolute Gasteiger partial charge is 0.493 e. The second-order valence-electron chi connectivity index (χ2n) is 4.27. The molecule has 0 saturated carbocycles. The van der Waals surface area contributed by atoms with Gasteiger partial charge < -0.3 is 15.2 Å². The summed E-state index contributed by atoms with van der Waals surface area (Å²) in [4.78, 5) is 4.27. The molecule has 1 aromatic heterocycles. The van der Waals surface area contributed by atoms with Gasteiger partial charge in [0, 0.05) is 11.9 Å². The summed E-state index contributed by atoms with van der Waals surface area (Å²) in [7, 11) is 3.23. The standard InChI is InChI=1S/C15H18N2O2/c1-10-12(5-4-8-17-10)15(16)11-6-7-13(18-2)14(9-11)19-3/h4-9,15H,16H2,1-3H3. The predicted octanol–water partition coefficient (Wildman–Crippen LogP) is 2.46. The first-order chi connectivity index (χ1) is 9.17. The lowest BCUT2D eigenvalue weighted by Gasteiger charge is -2.16. The summed E-state index contributed by atoms with van der Waals surface area (Å²) in [6.07, 6.45) is 1.76. The number of nitrogens with zero attached hydrogens (tertiary/aromatic N) is 1. The molecule has 0 aliphatic rings. The Morgan fingerprint density at radius 2 is 1.84 bits per heavy atom. The Morgan fingerprint density at radius 1 is 1.11 bits per heavy atom. The third-order valence-electron chi connectivity index (χ3n) is 3.15. The second kappa shape index (κ2) is 5.71. The third kappa shape index (κ3) is 2.69. The van der Waals surface area contributed by atoms with E-state index < -0.39 is 0 Å². The Bertz CT molecular complexity index is 570. The number of hydrogen-bond acceptors (Lipinski definition) is 4. The second-order valence-corrected chi connectivity index (χ2v) is 4.27. The Labute approximate surface area is 113 Å². The van der Waals surface area contributed by atoms with Crippen molar-refractivity contribution in [3.8, 4) is 11.5 Å². The van der Waals surface area contributed by atoms with Gasteiger partial charge in [-0.3, -0.25) is 4.98 Å². The van der Waals surface area contributed by atoms with Crippen LogP contribution in [0.25, 0.3) is 0 Å². The fourth-order valence-electron chi connectivity index (χ4n) is 2.05. The molecule has 0 spiro atoms. The lowest BCUT2D eigenvalue weighted by atomic mass is 9.98. The van der Waals surface area contributed by atoms with Gasteiger partial charge in [0.05, 0.1) is 20.3 Å². The lowest BCUT2D eigenvalue weighted by molar-refractivity contribution is 0.354. The van der Waals surface area contributed by atoms with E-state index in [2.05, 4.69) is 4.98 Å². The first kappa shape index (κ1) is 13.4. The molecule has 0 radical (unpaired) electrons. The molecule has 0 aliphatic carbocycles. The average Bonchev–Trinajstić information content (AvgIpc) is 2.46. The number of aromatic nitrogens is 1. The van der Waals surface area contributed by atoms with Crippen LogP contribution in [0.2, 0.25) is 0 Å². The van der Waals surface area contributed by atoms with Crippen molar-refractivity contribution in [2.45, 2.75) is 13.0 Å². The van der Waals surface area contributed by atoms with Gasteiger partial charge >= 0.3 is 0 Å². The normalized spacial score (nSPS) is 12.0. The van der Waals surface area contributed by atoms with Gasteiger partial charge in [0.2, 0.25) is 0 Å². The van der Waals surface area contributed by atoms with Crippen molar-refractivity contribution in [2.24, 2.45) is 5.73 Å². The van der Waals surface area contributed by atoms with Crippen molar-refractivity contribution >= 4 is 0 Å². The van der Waals surface area contributed by atoms with Crippen molar-refractivity contribution in [3.05, 3.63) is 53.3 Å². The third-order valence-corrected chi connectivity index (χ3v) is 3.15. The maximum Gasteiger partial charge on any atom is 0.161 e. The summed E-state index contributed by atoms with van der Waals surface area (Å²) in [6, 6.07) is 9.36. The van der Waals surface area contributed by atoms with Crippen molar-refractivity contribution in [2.75, 3.05) is 14.2 Å². The molecule has 19 heavy (non-hydrogen) atoms. The van der Waals surface area contributed by atoms with Gasteiger partial charge in [-0.15, -0.1) is 0 Å². The Balaban J connectivity index is 2.39. The monoisotopic (exact) mass is 258 g/mol. The van der Waals surface area contributed by atoms with Crippen LogP contribution >= 0.6 is 0 Å². The van der Waals surface area contributed by atoms with E-state index in [1.165, 1.54) is 0 Å². The molecule has 0 saturated heterocycles. The molecule has 0 amide bonds. The number of benzene rings is 1. The van der Waals surface area contributed by atoms with Crippen LogP contribution in [0, 0.1) is 6.92 Å². The zero-order valence-electron chi connectivity index (χ0n) is 11.4. The molecule has 4 nitrogen and oxygen atoms in total. The van der Waals surface area contributed by atoms with E-state index in [1.54, 1.807) is 20.4 Å². The van der Waals surface area contributed by atoms with Gasteiger partial charge in [0.1, 0.15) is 0 Å². The molecular formula is C15H18N2O2. The van der Waals surface area contributed by atoms with E-state index in [-0.39, 0.29) is 6.04 Å². The molecule has 2 aromatic rings. The van der Waals surface area contributed by atoms with Crippen LogP contribution in [0.3, 0.4) is 0 Å². The van der Waals surface area contributed by atoms with E-state index in [1.807, 2.05) is 37.3 Å². The number of rotatable bonds is 4. The summed E-state index contributed by atoms with van der Waals surface area (Å²) in [5, 5.41) is 0. The van der Waals surface area contributed by atoms with E-state index in [9.17, 15) is 0 Å². The molecule has 100 valence electrons. The van der Waals surface area contributed by atoms with Crippen LogP contribution < -0.4 is 15.2 Å². The highest BCUT2D eigenvalue weighted by Gasteiger charge is 2.14. The summed E-state index contributed by atoms with van der Waals surface area (Å²) >= 11 is 0. The molecule has 4 heteroatoms. The molecule has 0 aliphatic heterocycles. The highest BCUT2D eigenvalue weighted by molar-refractivity contribution is 5.46. The SMILES string of the molecule is COc1ccc(C(N)c2cccnc2C)cc1OC. The smallest absolute Gasteiger partial charge is 0.161 e. The molecule has 1 aromatic carbocycles. The quantitative estimate of drug-likeness (QED) is 0.915. The van der Waals surface area contributed by atoms with Crippen LogP contribution in [0.15, 0.2) is 36.5 Å². The van der Waals surface area contributed by atoms with Crippen LogP contribution in [-0.4, -0.2) is 19.2 Å². The van der Waals surface area contributed by atoms with Gasteiger partial charge in [0.25, 0.3) is 0 Å². The van der Waals surface area contributed by atoms with Gasteiger partial charge in [0.15, 0.2) is 11.5 Å². The Hall–Kier alpha value is -2.07. The van der Waals surface area contributed by atoms with Gasteiger partial charge in [-0.05, 0) is 36.2 Å². The zero-order valence-corrected chi connectivity index (χ0v) is 11.4. The zero-order chi connectivity index (χ0) is 13.8. The number of ether oxygens (including phenoxy) is 2. The molecule has 2 N–H and O–H groups in total. The molecule has 0 fully saturated rings. The number of aryl methyl sites for hydroxylation is 1. The number of methoxy groups -OCH3 is 2. The predicted molar refractivity (Wildman–Crippen MR) is 74.6 cm³/mol. The molecule has 1 unspecified atom stereocenters. The van der Waals surface area contributed by atoms with E-state index >= 15 is 0 Å². The summed E-state index contributed by atoms with van der Waals surface area (Å²) in [6.45, 7) is 1.95. The first-order valence-corrected chi connectivity index (χ1v) is 6.06. The maximum atomic E-state index is 6.30. The Morgan fingerprint density at radius 3 is 2.47 bits per heavy atom. The van der Waals surface area contributed by atoms with Gasteiger partial charge in [-0.1, -0.05) is 12.1 Å². The number of nitrogens with two attached hydrogens (primary N) is 1. The van der Waals surface area contributed by atoms with Gasteiger partial charge in [-0.2, -0.15) is 0 Å². The average molecular weight is 258 g/mol. The number of pyridine rings is 1. The van der Waals surface area contributed by atoms with E-state index in [4.69, 9.17) is 15.2 Å². The summed E-state index contributed by atoms with van der Waals surface area (Å²) in [5.74, 6) is 1.37. The van der Waals surface area contributed by atoms with Crippen molar-refractivity contribution in [1.82, 2.24) is 4.98 Å². The topological polar surface area (TPSA) is 57.4 Å². The highest BCUT2D eigenvalue weighted by atomic mass is 16.5. The highest BCUT2D eigenvalue weighted by Crippen LogP contribution is 2.31. The molecular weight excluding hydrogens is 240 g/mol. The first-order valence-electron chi connectivity index (χ1n) is 6.06. The minimum absolute atomic E-state index is 0.228. The van der Waals surface area contributed by atoms with E-state index in [0.29, 0.717) is 11.5 Å². The minimum atomic E-state index is -0.228. The van der Waals surface area contributed by atoms with Crippen LogP contribution in [0.1, 0.15) is 22.9 Å². The minimum Gasteiger partial charge on any atom is -0.493 e. The summed E-state index contributed by atoms with van der Waals surface area (Å²) < 4.78 is 10.5. The summed E-state index contributed by atoms with van der Waals surface area (Å²) in [5.41, 5.74) is 9.21. The fourth-order valence-corrected chi connectivity index (χ4v) is 2.05. The van der Waals surface area contributed by atoms with Crippen LogP contribution in [-0.2, 0) is 0 Å². The maximum absolute atomic E-state index is 6.30. The Kier molecular flexibility index (Phi) is 4.02. The number of hydrogen-bond donors (Lipinski definition) is 1. The lowest BCUT2D eigenvalue weighted by Crippen LogP contribution is -2.14. The molecule has 1 atom stereocenters. The van der Waals surface area contributed by atoms with Crippen LogP contribution in [0.5, 0.6) is 11.5 Å². The molecule has 0 bridgehead atoms. The van der Waals surface area contributed by atoms with Crippen molar-refractivity contribution < 1.29 is 9.47 Å². The van der Waals surface area contributed by atoms with Crippen molar-refractivity contribution in [1.29, 1.82) is 0 Å². The van der Waals surface area contributed by atoms with Crippen molar-refractivity contribution in [3.63, 3.8) is 0 Å². The molecule has 1 heterocycles. The fraction of sp³-hybridized carbons (Fsp3) is 0.267. The van der Waals surface area contributed by atoms with Crippen LogP contribution in [0.4, 0.5) is 0 Å². The van der Waals surface area contributed by atoms with E-state index in [0.717, 1.165) is 16.8 Å².